The molecule has 0 unspecified atom stereocenters. The number of nitrogens with zero attached hydrogens (tertiary/aromatic N) is 1. The third-order valence-corrected chi connectivity index (χ3v) is 7.27. The van der Waals surface area contributed by atoms with Crippen molar-refractivity contribution >= 4 is 35.0 Å². The summed E-state index contributed by atoms with van der Waals surface area (Å²) >= 11 is 12.2. The fourth-order valence-corrected chi connectivity index (χ4v) is 4.98. The average Bonchev–Trinajstić information content (AvgIpc) is 3.38. The number of hydrogen-bond donors (Lipinski definition) is 1. The lowest BCUT2D eigenvalue weighted by atomic mass is 9.83. The van der Waals surface area contributed by atoms with E-state index in [-0.39, 0.29) is 24.5 Å². The third kappa shape index (κ3) is 4.33. The van der Waals surface area contributed by atoms with Gasteiger partial charge in [0.1, 0.15) is 11.8 Å². The van der Waals surface area contributed by atoms with Crippen LogP contribution in [0.5, 0.6) is 0 Å². The van der Waals surface area contributed by atoms with Gasteiger partial charge in [-0.15, -0.1) is 0 Å². The topological polar surface area (TPSA) is 67.9 Å². The third-order valence-electron chi connectivity index (χ3n) is 6.53. The SMILES string of the molecule is CC1CCC2(CC1)OC[C@@H](C(=O)NC[C@H]1CCCO1)N2C(=O)c1ccc(Cl)c(Cl)c1. The van der Waals surface area contributed by atoms with E-state index >= 15 is 0 Å². The molecular formula is C22H28Cl2N2O4. The maximum Gasteiger partial charge on any atom is 0.256 e. The summed E-state index contributed by atoms with van der Waals surface area (Å²) in [5, 5.41) is 3.67. The molecule has 2 amide bonds. The van der Waals surface area contributed by atoms with Crippen molar-refractivity contribution in [3.05, 3.63) is 33.8 Å². The van der Waals surface area contributed by atoms with Crippen molar-refractivity contribution in [2.24, 2.45) is 5.92 Å². The molecule has 2 aliphatic heterocycles. The number of rotatable bonds is 4. The first-order valence-electron chi connectivity index (χ1n) is 10.7. The van der Waals surface area contributed by atoms with Crippen molar-refractivity contribution in [2.75, 3.05) is 19.8 Å². The van der Waals surface area contributed by atoms with Crippen LogP contribution in [0, 0.1) is 5.92 Å². The summed E-state index contributed by atoms with van der Waals surface area (Å²) in [6, 6.07) is 4.14. The normalized spacial score (nSPS) is 31.3. The van der Waals surface area contributed by atoms with Gasteiger partial charge in [0, 0.05) is 18.7 Å². The highest BCUT2D eigenvalue weighted by Gasteiger charge is 2.53. The fraction of sp³-hybridized carbons (Fsp3) is 0.636. The number of amides is 2. The van der Waals surface area contributed by atoms with Gasteiger partial charge in [0.05, 0.1) is 22.8 Å². The van der Waals surface area contributed by atoms with Gasteiger partial charge in [0.2, 0.25) is 5.91 Å². The minimum Gasteiger partial charge on any atom is -0.376 e. The average molecular weight is 455 g/mol. The molecule has 2 heterocycles. The van der Waals surface area contributed by atoms with Crippen LogP contribution in [0.2, 0.25) is 10.0 Å². The summed E-state index contributed by atoms with van der Waals surface area (Å²) in [6.45, 7) is 3.59. The van der Waals surface area contributed by atoms with Gasteiger partial charge in [0.25, 0.3) is 5.91 Å². The first-order valence-corrected chi connectivity index (χ1v) is 11.5. The van der Waals surface area contributed by atoms with E-state index in [4.69, 9.17) is 32.7 Å². The minimum absolute atomic E-state index is 0.0417. The lowest BCUT2D eigenvalue weighted by Crippen LogP contribution is -2.57. The monoisotopic (exact) mass is 454 g/mol. The molecule has 1 N–H and O–H groups in total. The number of ether oxygens (including phenoxy) is 2. The van der Waals surface area contributed by atoms with Gasteiger partial charge in [0.15, 0.2) is 0 Å². The van der Waals surface area contributed by atoms with Crippen LogP contribution in [0.25, 0.3) is 0 Å². The van der Waals surface area contributed by atoms with Crippen LogP contribution in [-0.2, 0) is 14.3 Å². The quantitative estimate of drug-likeness (QED) is 0.745. The molecule has 1 aliphatic carbocycles. The maximum atomic E-state index is 13.6. The van der Waals surface area contributed by atoms with E-state index in [2.05, 4.69) is 12.2 Å². The van der Waals surface area contributed by atoms with Crippen molar-refractivity contribution in [3.8, 4) is 0 Å². The van der Waals surface area contributed by atoms with Crippen LogP contribution in [0.4, 0.5) is 0 Å². The molecule has 3 aliphatic rings. The second kappa shape index (κ2) is 9.03. The zero-order valence-electron chi connectivity index (χ0n) is 17.2. The molecule has 1 aromatic rings. The molecule has 0 aromatic heterocycles. The second-order valence-corrected chi connectivity index (χ2v) is 9.45. The molecule has 164 valence electrons. The predicted octanol–water partition coefficient (Wildman–Crippen LogP) is 4.04. The number of nitrogens with one attached hydrogen (secondary N) is 1. The van der Waals surface area contributed by atoms with Gasteiger partial charge in [-0.05, 0) is 62.6 Å². The summed E-state index contributed by atoms with van der Waals surface area (Å²) in [5.41, 5.74) is -0.341. The van der Waals surface area contributed by atoms with Crippen LogP contribution < -0.4 is 5.32 Å². The molecule has 2 atom stereocenters. The Morgan fingerprint density at radius 1 is 1.20 bits per heavy atom. The van der Waals surface area contributed by atoms with Gasteiger partial charge in [-0.3, -0.25) is 14.5 Å². The van der Waals surface area contributed by atoms with Crippen LogP contribution in [-0.4, -0.2) is 54.3 Å². The Labute approximate surface area is 187 Å². The zero-order valence-corrected chi connectivity index (χ0v) is 18.7. The van der Waals surface area contributed by atoms with Crippen LogP contribution in [0.1, 0.15) is 55.8 Å². The summed E-state index contributed by atoms with van der Waals surface area (Å²) in [5.74, 6) is 0.126. The largest absolute Gasteiger partial charge is 0.376 e. The summed E-state index contributed by atoms with van der Waals surface area (Å²) < 4.78 is 11.8. The fourth-order valence-electron chi connectivity index (χ4n) is 4.69. The van der Waals surface area contributed by atoms with Gasteiger partial charge >= 0.3 is 0 Å². The van der Waals surface area contributed by atoms with E-state index in [0.29, 0.717) is 28.1 Å². The molecule has 6 nitrogen and oxygen atoms in total. The standard InChI is InChI=1S/C22H28Cl2N2O4/c1-14-6-8-22(9-7-14)26(21(28)15-4-5-17(23)18(24)11-15)19(13-30-22)20(27)25-12-16-3-2-10-29-16/h4-5,11,14,16,19H,2-3,6-10,12-13H2,1H3,(H,25,27)/t14?,16-,19+,22?/m1/s1. The molecule has 0 bridgehead atoms. The second-order valence-electron chi connectivity index (χ2n) is 8.64. The Hall–Kier alpha value is -1.34. The van der Waals surface area contributed by atoms with Crippen molar-refractivity contribution in [1.82, 2.24) is 10.2 Å². The van der Waals surface area contributed by atoms with E-state index in [1.54, 1.807) is 23.1 Å². The molecule has 1 aromatic carbocycles. The summed E-state index contributed by atoms with van der Waals surface area (Å²) in [7, 11) is 0. The van der Waals surface area contributed by atoms with Crippen LogP contribution in [0.3, 0.4) is 0 Å². The number of halogens is 2. The van der Waals surface area contributed by atoms with Gasteiger partial charge in [-0.25, -0.2) is 0 Å². The van der Waals surface area contributed by atoms with Crippen molar-refractivity contribution in [3.63, 3.8) is 0 Å². The smallest absolute Gasteiger partial charge is 0.256 e. The Kier molecular flexibility index (Phi) is 6.58. The molecule has 2 saturated heterocycles. The predicted molar refractivity (Wildman–Crippen MR) is 115 cm³/mol. The van der Waals surface area contributed by atoms with Crippen LogP contribution in [0.15, 0.2) is 18.2 Å². The van der Waals surface area contributed by atoms with E-state index in [1.807, 2.05) is 0 Å². The van der Waals surface area contributed by atoms with E-state index < -0.39 is 11.8 Å². The Bertz CT molecular complexity index is 804. The van der Waals surface area contributed by atoms with Crippen molar-refractivity contribution in [1.29, 1.82) is 0 Å². The van der Waals surface area contributed by atoms with Crippen molar-refractivity contribution in [2.45, 2.75) is 63.3 Å². The summed E-state index contributed by atoms with van der Waals surface area (Å²) in [6.07, 6.45) is 5.34. The number of hydrogen-bond acceptors (Lipinski definition) is 4. The molecule has 8 heteroatoms. The Morgan fingerprint density at radius 3 is 2.63 bits per heavy atom. The Morgan fingerprint density at radius 2 is 1.97 bits per heavy atom. The molecule has 1 saturated carbocycles. The highest BCUT2D eigenvalue weighted by molar-refractivity contribution is 6.42. The molecule has 1 spiro atoms. The molecule has 4 rings (SSSR count). The lowest BCUT2D eigenvalue weighted by molar-refractivity contribution is -0.128. The highest BCUT2D eigenvalue weighted by Crippen LogP contribution is 2.43. The molecule has 3 fully saturated rings. The van der Waals surface area contributed by atoms with Gasteiger partial charge in [-0.2, -0.15) is 0 Å². The first-order chi connectivity index (χ1) is 14.4. The molecular weight excluding hydrogens is 427 g/mol. The molecule has 30 heavy (non-hydrogen) atoms. The van der Waals surface area contributed by atoms with E-state index in [1.165, 1.54) is 0 Å². The van der Waals surface area contributed by atoms with Gasteiger partial charge in [-0.1, -0.05) is 30.1 Å². The number of carbonyl (C=O) groups is 2. The van der Waals surface area contributed by atoms with E-state index in [9.17, 15) is 9.59 Å². The number of benzene rings is 1. The van der Waals surface area contributed by atoms with Crippen molar-refractivity contribution < 1.29 is 19.1 Å². The van der Waals surface area contributed by atoms with Crippen LogP contribution >= 0.6 is 23.2 Å². The summed E-state index contributed by atoms with van der Waals surface area (Å²) in [4.78, 5) is 28.3. The maximum absolute atomic E-state index is 13.6. The number of carbonyl (C=O) groups excluding carboxylic acids is 2. The zero-order chi connectivity index (χ0) is 21.3. The van der Waals surface area contributed by atoms with E-state index in [0.717, 1.165) is 45.1 Å². The first kappa shape index (κ1) is 21.9. The highest BCUT2D eigenvalue weighted by atomic mass is 35.5. The minimum atomic E-state index is -0.748. The Balaban J connectivity index is 1.57. The lowest BCUT2D eigenvalue weighted by Gasteiger charge is -2.43. The molecule has 0 radical (unpaired) electrons. The van der Waals surface area contributed by atoms with Gasteiger partial charge < -0.3 is 14.8 Å².